The fourth-order valence-corrected chi connectivity index (χ4v) is 2.81. The van der Waals surface area contributed by atoms with Crippen molar-refractivity contribution in [2.45, 2.75) is 58.5 Å². The van der Waals surface area contributed by atoms with E-state index in [1.165, 1.54) is 25.7 Å². The largest absolute Gasteiger partial charge is 0.393 e. The van der Waals surface area contributed by atoms with Gasteiger partial charge in [-0.1, -0.05) is 26.7 Å². The zero-order valence-electron chi connectivity index (χ0n) is 12.2. The van der Waals surface area contributed by atoms with Crippen LogP contribution in [0.2, 0.25) is 0 Å². The fraction of sp³-hybridized carbons (Fsp3) is 0.857. The molecule has 1 aromatic heterocycles. The second kappa shape index (κ2) is 6.37. The molecule has 19 heavy (non-hydrogen) atoms. The van der Waals surface area contributed by atoms with Crippen molar-refractivity contribution in [1.82, 2.24) is 10.1 Å². The van der Waals surface area contributed by atoms with Crippen LogP contribution in [0.5, 0.6) is 0 Å². The molecule has 0 aliphatic carbocycles. The van der Waals surface area contributed by atoms with E-state index in [0.29, 0.717) is 11.8 Å². The van der Waals surface area contributed by atoms with Crippen LogP contribution in [0.3, 0.4) is 0 Å². The molecular weight excluding hydrogens is 242 g/mol. The molecule has 1 fully saturated rings. The Morgan fingerprint density at radius 2 is 1.74 bits per heavy atom. The van der Waals surface area contributed by atoms with Crippen LogP contribution in [0.15, 0.2) is 4.52 Å². The molecule has 5 nitrogen and oxygen atoms in total. The van der Waals surface area contributed by atoms with Gasteiger partial charge in [-0.3, -0.25) is 0 Å². The Morgan fingerprint density at radius 1 is 1.11 bits per heavy atom. The minimum absolute atomic E-state index is 0.0896. The lowest BCUT2D eigenvalue weighted by atomic mass is 9.91. The van der Waals surface area contributed by atoms with Crippen LogP contribution in [-0.4, -0.2) is 34.4 Å². The maximum atomic E-state index is 9.86. The van der Waals surface area contributed by atoms with Gasteiger partial charge in [0.05, 0.1) is 12.0 Å². The zero-order chi connectivity index (χ0) is 13.8. The SMILES string of the molecule is CC(C)C(c1nc(N2CCCCCC2)no1)C(C)O. The molecule has 5 heteroatoms. The van der Waals surface area contributed by atoms with E-state index in [9.17, 15) is 5.11 Å². The Bertz CT molecular complexity index is 374. The normalized spacial score (nSPS) is 20.4. The number of anilines is 1. The molecule has 2 heterocycles. The highest BCUT2D eigenvalue weighted by Gasteiger charge is 2.28. The summed E-state index contributed by atoms with van der Waals surface area (Å²) in [5.41, 5.74) is 0. The lowest BCUT2D eigenvalue weighted by Crippen LogP contribution is -2.25. The summed E-state index contributed by atoms with van der Waals surface area (Å²) in [5, 5.41) is 14.0. The molecule has 1 aromatic rings. The summed E-state index contributed by atoms with van der Waals surface area (Å²) in [6, 6.07) is 0. The second-order valence-corrected chi connectivity index (χ2v) is 5.84. The third kappa shape index (κ3) is 3.47. The van der Waals surface area contributed by atoms with E-state index in [0.717, 1.165) is 13.1 Å². The van der Waals surface area contributed by atoms with Gasteiger partial charge in [-0.25, -0.2) is 0 Å². The van der Waals surface area contributed by atoms with E-state index in [1.807, 2.05) is 0 Å². The molecule has 108 valence electrons. The zero-order valence-corrected chi connectivity index (χ0v) is 12.2. The van der Waals surface area contributed by atoms with Crippen molar-refractivity contribution in [3.63, 3.8) is 0 Å². The van der Waals surface area contributed by atoms with Crippen molar-refractivity contribution in [3.05, 3.63) is 5.89 Å². The molecule has 0 amide bonds. The molecule has 1 saturated heterocycles. The molecule has 2 rings (SSSR count). The van der Waals surface area contributed by atoms with E-state index < -0.39 is 6.10 Å². The quantitative estimate of drug-likeness (QED) is 0.908. The van der Waals surface area contributed by atoms with E-state index in [1.54, 1.807) is 6.92 Å². The summed E-state index contributed by atoms with van der Waals surface area (Å²) >= 11 is 0. The van der Waals surface area contributed by atoms with Gasteiger partial charge < -0.3 is 14.5 Å². The van der Waals surface area contributed by atoms with E-state index >= 15 is 0 Å². The van der Waals surface area contributed by atoms with Gasteiger partial charge in [0.25, 0.3) is 5.95 Å². The molecule has 1 aliphatic heterocycles. The number of nitrogens with zero attached hydrogens (tertiary/aromatic N) is 3. The fourth-order valence-electron chi connectivity index (χ4n) is 2.81. The minimum Gasteiger partial charge on any atom is -0.393 e. The number of hydrogen-bond acceptors (Lipinski definition) is 5. The topological polar surface area (TPSA) is 62.4 Å². The van der Waals surface area contributed by atoms with Crippen LogP contribution in [0.1, 0.15) is 58.3 Å². The van der Waals surface area contributed by atoms with Crippen LogP contribution in [0, 0.1) is 5.92 Å². The van der Waals surface area contributed by atoms with E-state index in [-0.39, 0.29) is 11.8 Å². The van der Waals surface area contributed by atoms with Gasteiger partial charge in [-0.05, 0) is 30.8 Å². The van der Waals surface area contributed by atoms with Gasteiger partial charge in [-0.2, -0.15) is 4.98 Å². The summed E-state index contributed by atoms with van der Waals surface area (Å²) in [5.74, 6) is 1.43. The molecule has 0 radical (unpaired) electrons. The number of rotatable bonds is 4. The second-order valence-electron chi connectivity index (χ2n) is 5.84. The average Bonchev–Trinajstić information content (AvgIpc) is 2.63. The predicted molar refractivity (Wildman–Crippen MR) is 74.2 cm³/mol. The van der Waals surface area contributed by atoms with Gasteiger partial charge in [0.2, 0.25) is 5.89 Å². The highest BCUT2D eigenvalue weighted by Crippen LogP contribution is 2.28. The lowest BCUT2D eigenvalue weighted by molar-refractivity contribution is 0.120. The number of aromatic nitrogens is 2. The molecule has 0 spiro atoms. The summed E-state index contributed by atoms with van der Waals surface area (Å²) in [4.78, 5) is 6.70. The van der Waals surface area contributed by atoms with Gasteiger partial charge in [-0.15, -0.1) is 0 Å². The Kier molecular flexibility index (Phi) is 4.80. The molecule has 2 atom stereocenters. The van der Waals surface area contributed by atoms with Crippen LogP contribution < -0.4 is 4.90 Å². The highest BCUT2D eigenvalue weighted by atomic mass is 16.5. The standard InChI is InChI=1S/C14H25N3O2/c1-10(2)12(11(3)18)13-15-14(16-19-13)17-8-6-4-5-7-9-17/h10-12,18H,4-9H2,1-3H3. The predicted octanol–water partition coefficient (Wildman–Crippen LogP) is 2.57. The van der Waals surface area contributed by atoms with Crippen molar-refractivity contribution in [3.8, 4) is 0 Å². The molecular formula is C14H25N3O2. The molecule has 0 bridgehead atoms. The summed E-state index contributed by atoms with van der Waals surface area (Å²) in [6.45, 7) is 7.90. The maximum Gasteiger partial charge on any atom is 0.266 e. The Hall–Kier alpha value is -1.10. The molecule has 1 N–H and O–H groups in total. The Morgan fingerprint density at radius 3 is 2.26 bits per heavy atom. The van der Waals surface area contributed by atoms with Gasteiger partial charge in [0, 0.05) is 13.1 Å². The van der Waals surface area contributed by atoms with Crippen LogP contribution in [0.25, 0.3) is 0 Å². The Balaban J connectivity index is 2.12. The van der Waals surface area contributed by atoms with Gasteiger partial charge >= 0.3 is 0 Å². The van der Waals surface area contributed by atoms with Crippen molar-refractivity contribution in [1.29, 1.82) is 0 Å². The van der Waals surface area contributed by atoms with Crippen molar-refractivity contribution in [2.24, 2.45) is 5.92 Å². The van der Waals surface area contributed by atoms with E-state index in [4.69, 9.17) is 4.52 Å². The number of aliphatic hydroxyl groups is 1. The monoisotopic (exact) mass is 267 g/mol. The third-order valence-corrected chi connectivity index (χ3v) is 3.84. The highest BCUT2D eigenvalue weighted by molar-refractivity contribution is 5.28. The molecule has 0 saturated carbocycles. The van der Waals surface area contributed by atoms with Crippen LogP contribution in [-0.2, 0) is 0 Å². The number of aliphatic hydroxyl groups excluding tert-OH is 1. The molecule has 2 unspecified atom stereocenters. The van der Waals surface area contributed by atoms with Gasteiger partial charge in [0.1, 0.15) is 0 Å². The first-order valence-electron chi connectivity index (χ1n) is 7.36. The maximum absolute atomic E-state index is 9.86. The van der Waals surface area contributed by atoms with Gasteiger partial charge in [0.15, 0.2) is 0 Å². The first-order chi connectivity index (χ1) is 9.09. The lowest BCUT2D eigenvalue weighted by Gasteiger charge is -2.19. The summed E-state index contributed by atoms with van der Waals surface area (Å²) in [7, 11) is 0. The van der Waals surface area contributed by atoms with Crippen molar-refractivity contribution >= 4 is 5.95 Å². The molecule has 0 aromatic carbocycles. The van der Waals surface area contributed by atoms with E-state index in [2.05, 4.69) is 28.9 Å². The van der Waals surface area contributed by atoms with Crippen LogP contribution in [0.4, 0.5) is 5.95 Å². The van der Waals surface area contributed by atoms with Crippen molar-refractivity contribution in [2.75, 3.05) is 18.0 Å². The first kappa shape index (κ1) is 14.3. The third-order valence-electron chi connectivity index (χ3n) is 3.84. The Labute approximate surface area is 115 Å². The summed E-state index contributed by atoms with van der Waals surface area (Å²) < 4.78 is 5.38. The molecule has 1 aliphatic rings. The first-order valence-corrected chi connectivity index (χ1v) is 7.36. The number of hydrogen-bond donors (Lipinski definition) is 1. The smallest absolute Gasteiger partial charge is 0.266 e. The van der Waals surface area contributed by atoms with Crippen molar-refractivity contribution < 1.29 is 9.63 Å². The average molecular weight is 267 g/mol. The minimum atomic E-state index is -0.475. The van der Waals surface area contributed by atoms with Crippen LogP contribution >= 0.6 is 0 Å². The summed E-state index contributed by atoms with van der Waals surface area (Å²) in [6.07, 6.45) is 4.46.